The molecule has 0 aliphatic rings. The highest BCUT2D eigenvalue weighted by Gasteiger charge is 2.15. The summed E-state index contributed by atoms with van der Waals surface area (Å²) in [6.07, 6.45) is 0.436. The van der Waals surface area contributed by atoms with Crippen molar-refractivity contribution < 1.29 is 9.53 Å². The second kappa shape index (κ2) is 6.90. The fourth-order valence-corrected chi connectivity index (χ4v) is 2.55. The zero-order valence-corrected chi connectivity index (χ0v) is 12.5. The summed E-state index contributed by atoms with van der Waals surface area (Å²) in [5, 5.41) is 3.27. The van der Waals surface area contributed by atoms with E-state index in [0.717, 1.165) is 6.54 Å². The Morgan fingerprint density at radius 2 is 2.11 bits per heavy atom. The Hall–Kier alpha value is -0.870. The number of carbonyl (C=O) groups is 1. The molecule has 18 heavy (non-hydrogen) atoms. The van der Waals surface area contributed by atoms with Gasteiger partial charge in [-0.05, 0) is 24.5 Å². The number of ether oxygens (including phenoxy) is 1. The van der Waals surface area contributed by atoms with Crippen LogP contribution in [0.4, 0.5) is 0 Å². The standard InChI is InChI=1S/C14H23NO2S/c1-5-17-13(16)8-9-15-10-11-6-7-12(18-11)14(2,3)4/h6-7,15H,5,8-10H2,1-4H3. The van der Waals surface area contributed by atoms with E-state index in [1.165, 1.54) is 9.75 Å². The maximum absolute atomic E-state index is 11.1. The fourth-order valence-electron chi connectivity index (χ4n) is 1.51. The molecule has 0 spiro atoms. The van der Waals surface area contributed by atoms with Gasteiger partial charge in [-0.15, -0.1) is 11.3 Å². The van der Waals surface area contributed by atoms with E-state index < -0.39 is 0 Å². The largest absolute Gasteiger partial charge is 0.466 e. The smallest absolute Gasteiger partial charge is 0.307 e. The number of hydrogen-bond acceptors (Lipinski definition) is 4. The van der Waals surface area contributed by atoms with Crippen molar-refractivity contribution in [3.63, 3.8) is 0 Å². The van der Waals surface area contributed by atoms with E-state index in [4.69, 9.17) is 4.74 Å². The Labute approximate surface area is 114 Å². The summed E-state index contributed by atoms with van der Waals surface area (Å²) >= 11 is 1.83. The molecular formula is C14H23NO2S. The molecule has 3 nitrogen and oxygen atoms in total. The van der Waals surface area contributed by atoms with Crippen LogP contribution in [0.15, 0.2) is 12.1 Å². The third-order valence-electron chi connectivity index (χ3n) is 2.51. The Morgan fingerprint density at radius 1 is 1.39 bits per heavy atom. The Morgan fingerprint density at radius 3 is 2.67 bits per heavy atom. The molecule has 0 amide bonds. The first-order chi connectivity index (χ1) is 8.43. The van der Waals surface area contributed by atoms with E-state index >= 15 is 0 Å². The van der Waals surface area contributed by atoms with E-state index in [-0.39, 0.29) is 11.4 Å². The summed E-state index contributed by atoms with van der Waals surface area (Å²) < 4.78 is 4.87. The summed E-state index contributed by atoms with van der Waals surface area (Å²) in [5.41, 5.74) is 0.216. The fraction of sp³-hybridized carbons (Fsp3) is 0.643. The lowest BCUT2D eigenvalue weighted by Crippen LogP contribution is -2.18. The normalized spacial score (nSPS) is 11.6. The first-order valence-electron chi connectivity index (χ1n) is 6.39. The van der Waals surface area contributed by atoms with Gasteiger partial charge in [0.2, 0.25) is 0 Å². The molecule has 0 fully saturated rings. The van der Waals surface area contributed by atoms with Crippen LogP contribution in [0.25, 0.3) is 0 Å². The second-order valence-electron chi connectivity index (χ2n) is 5.25. The summed E-state index contributed by atoms with van der Waals surface area (Å²) in [6.45, 7) is 10.4. The van der Waals surface area contributed by atoms with Crippen LogP contribution in [0.2, 0.25) is 0 Å². The Bertz CT molecular complexity index is 379. The molecule has 0 aliphatic heterocycles. The van der Waals surface area contributed by atoms with E-state index in [9.17, 15) is 4.79 Å². The summed E-state index contributed by atoms with van der Waals surface area (Å²) in [5.74, 6) is -0.133. The highest BCUT2D eigenvalue weighted by molar-refractivity contribution is 7.12. The van der Waals surface area contributed by atoms with Crippen molar-refractivity contribution in [1.82, 2.24) is 5.32 Å². The van der Waals surface area contributed by atoms with Gasteiger partial charge in [-0.1, -0.05) is 20.8 Å². The molecule has 1 aromatic rings. The molecule has 0 atom stereocenters. The van der Waals surface area contributed by atoms with Crippen LogP contribution >= 0.6 is 11.3 Å². The molecule has 0 radical (unpaired) electrons. The number of hydrogen-bond donors (Lipinski definition) is 1. The lowest BCUT2D eigenvalue weighted by molar-refractivity contribution is -0.142. The van der Waals surface area contributed by atoms with Crippen molar-refractivity contribution in [2.45, 2.75) is 46.1 Å². The highest BCUT2D eigenvalue weighted by atomic mass is 32.1. The van der Waals surface area contributed by atoms with Gasteiger partial charge in [-0.2, -0.15) is 0 Å². The second-order valence-corrected chi connectivity index (χ2v) is 6.42. The van der Waals surface area contributed by atoms with Gasteiger partial charge in [-0.25, -0.2) is 0 Å². The van der Waals surface area contributed by atoms with Gasteiger partial charge in [0, 0.05) is 22.8 Å². The average Bonchev–Trinajstić information content (AvgIpc) is 2.73. The predicted molar refractivity (Wildman–Crippen MR) is 76.0 cm³/mol. The molecule has 1 aromatic heterocycles. The van der Waals surface area contributed by atoms with E-state index in [2.05, 4.69) is 38.2 Å². The molecule has 1 rings (SSSR count). The molecule has 0 saturated carbocycles. The van der Waals surface area contributed by atoms with Gasteiger partial charge >= 0.3 is 5.97 Å². The zero-order valence-electron chi connectivity index (χ0n) is 11.7. The first kappa shape index (κ1) is 15.2. The topological polar surface area (TPSA) is 38.3 Å². The molecule has 0 unspecified atom stereocenters. The van der Waals surface area contributed by atoms with Crippen molar-refractivity contribution in [3.05, 3.63) is 21.9 Å². The van der Waals surface area contributed by atoms with Gasteiger partial charge in [-0.3, -0.25) is 4.79 Å². The minimum Gasteiger partial charge on any atom is -0.466 e. The van der Waals surface area contributed by atoms with Gasteiger partial charge in [0.25, 0.3) is 0 Å². The maximum Gasteiger partial charge on any atom is 0.307 e. The third kappa shape index (κ3) is 5.19. The Balaban J connectivity index is 2.28. The molecule has 0 bridgehead atoms. The van der Waals surface area contributed by atoms with Crippen LogP contribution in [0.3, 0.4) is 0 Å². The van der Waals surface area contributed by atoms with Crippen LogP contribution in [-0.4, -0.2) is 19.1 Å². The van der Waals surface area contributed by atoms with E-state index in [1.807, 2.05) is 18.3 Å². The van der Waals surface area contributed by atoms with Gasteiger partial charge < -0.3 is 10.1 Å². The molecule has 1 heterocycles. The van der Waals surface area contributed by atoms with Gasteiger partial charge in [0.15, 0.2) is 0 Å². The van der Waals surface area contributed by atoms with E-state index in [1.54, 1.807) is 0 Å². The number of thiophene rings is 1. The van der Waals surface area contributed by atoms with Crippen molar-refractivity contribution in [2.24, 2.45) is 0 Å². The molecule has 4 heteroatoms. The van der Waals surface area contributed by atoms with Crippen LogP contribution in [0, 0.1) is 0 Å². The SMILES string of the molecule is CCOC(=O)CCNCc1ccc(C(C)(C)C)s1. The van der Waals surface area contributed by atoms with Crippen molar-refractivity contribution in [2.75, 3.05) is 13.2 Å². The van der Waals surface area contributed by atoms with Crippen molar-refractivity contribution in [3.8, 4) is 0 Å². The summed E-state index contributed by atoms with van der Waals surface area (Å²) in [4.78, 5) is 13.8. The monoisotopic (exact) mass is 269 g/mol. The molecule has 0 saturated heterocycles. The first-order valence-corrected chi connectivity index (χ1v) is 7.20. The number of nitrogens with one attached hydrogen (secondary N) is 1. The minimum absolute atomic E-state index is 0.133. The zero-order chi connectivity index (χ0) is 13.6. The number of rotatable bonds is 6. The number of esters is 1. The lowest BCUT2D eigenvalue weighted by Gasteiger charge is -2.15. The van der Waals surface area contributed by atoms with Crippen LogP contribution in [-0.2, 0) is 21.5 Å². The third-order valence-corrected chi connectivity index (χ3v) is 4.02. The highest BCUT2D eigenvalue weighted by Crippen LogP contribution is 2.29. The molecule has 0 aliphatic carbocycles. The predicted octanol–water partition coefficient (Wildman–Crippen LogP) is 3.09. The van der Waals surface area contributed by atoms with Crippen LogP contribution < -0.4 is 5.32 Å². The molecule has 0 aromatic carbocycles. The van der Waals surface area contributed by atoms with Gasteiger partial charge in [0.05, 0.1) is 13.0 Å². The van der Waals surface area contributed by atoms with Crippen LogP contribution in [0.1, 0.15) is 43.9 Å². The van der Waals surface area contributed by atoms with Crippen molar-refractivity contribution >= 4 is 17.3 Å². The molecular weight excluding hydrogens is 246 g/mol. The number of carbonyl (C=O) groups excluding carboxylic acids is 1. The van der Waals surface area contributed by atoms with Crippen molar-refractivity contribution in [1.29, 1.82) is 0 Å². The Kier molecular flexibility index (Phi) is 5.82. The maximum atomic E-state index is 11.1. The summed E-state index contributed by atoms with van der Waals surface area (Å²) in [7, 11) is 0. The van der Waals surface area contributed by atoms with Crippen LogP contribution in [0.5, 0.6) is 0 Å². The molecule has 102 valence electrons. The minimum atomic E-state index is -0.133. The quantitative estimate of drug-likeness (QED) is 0.637. The summed E-state index contributed by atoms with van der Waals surface area (Å²) in [6, 6.07) is 4.34. The molecule has 1 N–H and O–H groups in total. The average molecular weight is 269 g/mol. The lowest BCUT2D eigenvalue weighted by atomic mass is 9.95. The van der Waals surface area contributed by atoms with E-state index in [0.29, 0.717) is 19.6 Å². The van der Waals surface area contributed by atoms with Gasteiger partial charge in [0.1, 0.15) is 0 Å².